The van der Waals surface area contributed by atoms with Crippen molar-refractivity contribution in [2.45, 2.75) is 52.6 Å². The summed E-state index contributed by atoms with van der Waals surface area (Å²) in [6, 6.07) is 3.51. The third-order valence-corrected chi connectivity index (χ3v) is 7.95. The molecular weight excluding hydrogens is 407 g/mol. The number of rotatable bonds is 3. The number of anilines is 2. The zero-order valence-corrected chi connectivity index (χ0v) is 18.5. The van der Waals surface area contributed by atoms with Crippen molar-refractivity contribution in [1.29, 1.82) is 0 Å². The summed E-state index contributed by atoms with van der Waals surface area (Å²) in [6.07, 6.45) is 6.40. The zero-order chi connectivity index (χ0) is 20.8. The van der Waals surface area contributed by atoms with Gasteiger partial charge >= 0.3 is 0 Å². The Morgan fingerprint density at radius 2 is 1.90 bits per heavy atom. The van der Waals surface area contributed by atoms with Gasteiger partial charge in [0.15, 0.2) is 5.82 Å². The highest BCUT2D eigenvalue weighted by Crippen LogP contribution is 2.50. The van der Waals surface area contributed by atoms with Crippen LogP contribution in [-0.2, 0) is 6.61 Å². The summed E-state index contributed by atoms with van der Waals surface area (Å²) in [6.45, 7) is 6.06. The predicted octanol–water partition coefficient (Wildman–Crippen LogP) is 5.24. The van der Waals surface area contributed by atoms with Gasteiger partial charge in [0.1, 0.15) is 5.69 Å². The summed E-state index contributed by atoms with van der Waals surface area (Å²) in [4.78, 5) is 11.9. The van der Waals surface area contributed by atoms with Crippen LogP contribution in [0.4, 0.5) is 11.5 Å². The maximum Gasteiger partial charge on any atom is 0.153 e. The van der Waals surface area contributed by atoms with Gasteiger partial charge in [-0.1, -0.05) is 43.0 Å². The number of nitrogens with two attached hydrogens (primary N) is 1. The number of aromatic nitrogens is 2. The lowest BCUT2D eigenvalue weighted by Gasteiger charge is -2.43. The molecule has 1 spiro atoms. The van der Waals surface area contributed by atoms with Crippen LogP contribution in [0.25, 0.3) is 11.3 Å². The van der Waals surface area contributed by atoms with Crippen molar-refractivity contribution in [3.05, 3.63) is 33.6 Å². The molecule has 156 valence electrons. The molecule has 1 saturated carbocycles. The number of aliphatic hydroxyl groups is 1. The molecule has 2 heterocycles. The Morgan fingerprint density at radius 1 is 1.17 bits per heavy atom. The quantitative estimate of drug-likeness (QED) is 0.645. The lowest BCUT2D eigenvalue weighted by molar-refractivity contribution is 0.161. The molecule has 1 aliphatic carbocycles. The number of nitrogens with zero attached hydrogens (tertiary/aromatic N) is 3. The maximum atomic E-state index is 10.0. The summed E-state index contributed by atoms with van der Waals surface area (Å²) in [5.41, 5.74) is 9.40. The minimum Gasteiger partial charge on any atom is -0.397 e. The molecular formula is C22H28Cl2N4O. The molecule has 1 saturated heterocycles. The Kier molecular flexibility index (Phi) is 5.66. The lowest BCUT2D eigenvalue weighted by atomic mass is 9.71. The first-order valence-corrected chi connectivity index (χ1v) is 11.1. The second-order valence-corrected chi connectivity index (χ2v) is 9.31. The van der Waals surface area contributed by atoms with E-state index in [1.807, 2.05) is 6.92 Å². The number of nitrogen functional groups attached to an aromatic ring is 1. The number of halogens is 2. The minimum absolute atomic E-state index is 0.173. The molecule has 2 fully saturated rings. The van der Waals surface area contributed by atoms with Gasteiger partial charge in [0.25, 0.3) is 0 Å². The molecule has 4 rings (SSSR count). The van der Waals surface area contributed by atoms with Gasteiger partial charge in [-0.3, -0.25) is 0 Å². The maximum absolute atomic E-state index is 10.0. The van der Waals surface area contributed by atoms with Crippen LogP contribution in [0.2, 0.25) is 10.0 Å². The Labute approximate surface area is 182 Å². The molecule has 3 N–H and O–H groups in total. The molecule has 1 atom stereocenters. The van der Waals surface area contributed by atoms with E-state index in [4.69, 9.17) is 38.9 Å². The average molecular weight is 435 g/mol. The van der Waals surface area contributed by atoms with Gasteiger partial charge in [-0.05, 0) is 49.7 Å². The smallest absolute Gasteiger partial charge is 0.153 e. The third kappa shape index (κ3) is 3.58. The molecule has 5 nitrogen and oxygen atoms in total. The van der Waals surface area contributed by atoms with Gasteiger partial charge in [0.2, 0.25) is 0 Å². The van der Waals surface area contributed by atoms with Gasteiger partial charge in [0.05, 0.1) is 33.7 Å². The van der Waals surface area contributed by atoms with E-state index in [-0.39, 0.29) is 6.61 Å². The van der Waals surface area contributed by atoms with Gasteiger partial charge in [-0.2, -0.15) is 0 Å². The van der Waals surface area contributed by atoms with E-state index < -0.39 is 0 Å². The van der Waals surface area contributed by atoms with E-state index in [1.165, 1.54) is 32.1 Å². The Morgan fingerprint density at radius 3 is 2.52 bits per heavy atom. The predicted molar refractivity (Wildman–Crippen MR) is 119 cm³/mol. The van der Waals surface area contributed by atoms with E-state index in [0.29, 0.717) is 38.1 Å². The van der Waals surface area contributed by atoms with Crippen molar-refractivity contribution < 1.29 is 5.11 Å². The highest BCUT2D eigenvalue weighted by Gasteiger charge is 2.42. The monoisotopic (exact) mass is 434 g/mol. The highest BCUT2D eigenvalue weighted by molar-refractivity contribution is 6.45. The van der Waals surface area contributed by atoms with Crippen molar-refractivity contribution in [3.8, 4) is 11.3 Å². The number of hydrogen-bond acceptors (Lipinski definition) is 5. The fourth-order valence-electron chi connectivity index (χ4n) is 5.12. The number of aliphatic hydroxyl groups excluding tert-OH is 1. The zero-order valence-electron chi connectivity index (χ0n) is 17.0. The van der Waals surface area contributed by atoms with Crippen LogP contribution < -0.4 is 10.6 Å². The highest BCUT2D eigenvalue weighted by atomic mass is 35.5. The van der Waals surface area contributed by atoms with Gasteiger partial charge in [-0.15, -0.1) is 0 Å². The standard InChI is InChI=1S/C22H28Cl2N4O/c1-13-4-3-7-22(13)8-10-28(11-9-22)21-17(12-29)27-20(14(2)26-21)15-5-6-16(25)19(24)18(15)23/h5-6,13,29H,3-4,7-12,25H2,1-2H3/t13-/m1/s1. The van der Waals surface area contributed by atoms with Crippen molar-refractivity contribution in [2.24, 2.45) is 11.3 Å². The first-order chi connectivity index (χ1) is 13.9. The Balaban J connectivity index is 1.65. The van der Waals surface area contributed by atoms with Crippen molar-refractivity contribution in [3.63, 3.8) is 0 Å². The largest absolute Gasteiger partial charge is 0.397 e. The van der Waals surface area contributed by atoms with Crippen LogP contribution in [0.15, 0.2) is 12.1 Å². The summed E-state index contributed by atoms with van der Waals surface area (Å²) < 4.78 is 0. The van der Waals surface area contributed by atoms with E-state index in [0.717, 1.165) is 30.5 Å². The first-order valence-electron chi connectivity index (χ1n) is 10.3. The SMILES string of the molecule is Cc1nc(N2CCC3(CCC[C@H]3C)CC2)c(CO)nc1-c1ccc(N)c(Cl)c1Cl. The van der Waals surface area contributed by atoms with E-state index >= 15 is 0 Å². The lowest BCUT2D eigenvalue weighted by Crippen LogP contribution is -2.42. The molecule has 0 amide bonds. The molecule has 1 aliphatic heterocycles. The van der Waals surface area contributed by atoms with Crippen LogP contribution in [0.3, 0.4) is 0 Å². The molecule has 0 bridgehead atoms. The van der Waals surface area contributed by atoms with Gasteiger partial charge in [-0.25, -0.2) is 9.97 Å². The molecule has 2 aromatic rings. The molecule has 1 aromatic heterocycles. The van der Waals surface area contributed by atoms with Crippen LogP contribution in [-0.4, -0.2) is 28.2 Å². The number of hydrogen-bond donors (Lipinski definition) is 2. The van der Waals surface area contributed by atoms with E-state index in [9.17, 15) is 5.11 Å². The molecule has 29 heavy (non-hydrogen) atoms. The van der Waals surface area contributed by atoms with E-state index in [2.05, 4.69) is 11.8 Å². The number of benzene rings is 1. The Hall–Kier alpha value is -1.56. The minimum atomic E-state index is -0.173. The van der Waals surface area contributed by atoms with Crippen molar-refractivity contribution in [1.82, 2.24) is 9.97 Å². The van der Waals surface area contributed by atoms with Gasteiger partial charge in [0, 0.05) is 18.7 Å². The summed E-state index contributed by atoms with van der Waals surface area (Å²) >= 11 is 12.6. The van der Waals surface area contributed by atoms with Crippen LogP contribution in [0, 0.1) is 18.3 Å². The van der Waals surface area contributed by atoms with E-state index in [1.54, 1.807) is 12.1 Å². The molecule has 2 aliphatic rings. The van der Waals surface area contributed by atoms with Crippen molar-refractivity contribution in [2.75, 3.05) is 23.7 Å². The summed E-state index contributed by atoms with van der Waals surface area (Å²) in [5.74, 6) is 1.58. The number of piperidine rings is 1. The summed E-state index contributed by atoms with van der Waals surface area (Å²) in [5, 5.41) is 10.7. The molecule has 0 unspecified atom stereocenters. The van der Waals surface area contributed by atoms with Crippen LogP contribution in [0.5, 0.6) is 0 Å². The summed E-state index contributed by atoms with van der Waals surface area (Å²) in [7, 11) is 0. The second-order valence-electron chi connectivity index (χ2n) is 8.56. The third-order valence-electron chi connectivity index (χ3n) is 7.05. The average Bonchev–Trinajstić information content (AvgIpc) is 3.07. The molecule has 0 radical (unpaired) electrons. The number of aryl methyl sites for hydroxylation is 1. The fraction of sp³-hybridized carbons (Fsp3) is 0.545. The van der Waals surface area contributed by atoms with Crippen LogP contribution >= 0.6 is 23.2 Å². The molecule has 1 aromatic carbocycles. The Bertz CT molecular complexity index is 926. The van der Waals surface area contributed by atoms with Crippen LogP contribution in [0.1, 0.15) is 50.4 Å². The van der Waals surface area contributed by atoms with Gasteiger partial charge < -0.3 is 15.7 Å². The van der Waals surface area contributed by atoms with Crippen molar-refractivity contribution >= 4 is 34.7 Å². The normalized spacial score (nSPS) is 21.1. The fourth-order valence-corrected chi connectivity index (χ4v) is 5.55. The molecule has 7 heteroatoms. The second kappa shape index (κ2) is 7.93. The first kappa shape index (κ1) is 20.7. The topological polar surface area (TPSA) is 75.3 Å².